The van der Waals surface area contributed by atoms with Crippen molar-refractivity contribution in [2.45, 2.75) is 46.0 Å². The maximum absolute atomic E-state index is 13.2. The van der Waals surface area contributed by atoms with Crippen molar-refractivity contribution in [3.05, 3.63) is 63.3 Å². The zero-order valence-corrected chi connectivity index (χ0v) is 20.2. The number of aryl methyl sites for hydroxylation is 2. The predicted molar refractivity (Wildman–Crippen MR) is 131 cm³/mol. The van der Waals surface area contributed by atoms with E-state index in [0.29, 0.717) is 29.3 Å². The van der Waals surface area contributed by atoms with Crippen molar-refractivity contribution in [3.63, 3.8) is 0 Å². The molecule has 0 bridgehead atoms. The van der Waals surface area contributed by atoms with Crippen molar-refractivity contribution in [1.29, 1.82) is 0 Å². The lowest BCUT2D eigenvalue weighted by atomic mass is 9.95. The highest BCUT2D eigenvalue weighted by Crippen LogP contribution is 2.38. The first-order valence-corrected chi connectivity index (χ1v) is 12.2. The molecule has 8 heteroatoms. The number of ether oxygens (including phenoxy) is 1. The number of rotatable bonds is 8. The van der Waals surface area contributed by atoms with Crippen molar-refractivity contribution >= 4 is 28.2 Å². The Morgan fingerprint density at radius 1 is 1.15 bits per heavy atom. The molecule has 0 saturated heterocycles. The van der Waals surface area contributed by atoms with E-state index in [0.717, 1.165) is 54.6 Å². The van der Waals surface area contributed by atoms with E-state index >= 15 is 0 Å². The number of fused-ring (bicyclic) bond motifs is 1. The lowest BCUT2D eigenvalue weighted by molar-refractivity contribution is 0.0948. The SMILES string of the molecule is COCCCNC(=O)c1c(NC(=O)c2cnn(-c3ccccc3C)c2C)sc2c1CCCC2. The van der Waals surface area contributed by atoms with E-state index in [2.05, 4.69) is 15.7 Å². The van der Waals surface area contributed by atoms with Crippen molar-refractivity contribution in [1.82, 2.24) is 15.1 Å². The van der Waals surface area contributed by atoms with Gasteiger partial charge < -0.3 is 15.4 Å². The molecule has 0 aliphatic heterocycles. The van der Waals surface area contributed by atoms with E-state index in [-0.39, 0.29) is 11.8 Å². The second kappa shape index (κ2) is 10.3. The molecular weight excluding hydrogens is 436 g/mol. The van der Waals surface area contributed by atoms with Crippen LogP contribution in [0.25, 0.3) is 5.69 Å². The first-order valence-electron chi connectivity index (χ1n) is 11.3. The summed E-state index contributed by atoms with van der Waals surface area (Å²) in [7, 11) is 1.65. The summed E-state index contributed by atoms with van der Waals surface area (Å²) >= 11 is 1.52. The Morgan fingerprint density at radius 3 is 2.73 bits per heavy atom. The third-order valence-corrected chi connectivity index (χ3v) is 7.24. The number of nitrogens with zero attached hydrogens (tertiary/aromatic N) is 2. The quantitative estimate of drug-likeness (QED) is 0.481. The van der Waals surface area contributed by atoms with E-state index in [1.807, 2.05) is 38.1 Å². The number of benzene rings is 1. The molecule has 0 atom stereocenters. The van der Waals surface area contributed by atoms with Gasteiger partial charge >= 0.3 is 0 Å². The standard InChI is InChI=1S/C25H30N4O3S/c1-16-9-4-6-11-20(16)29-17(2)19(15-27-29)23(30)28-25-22(24(31)26-13-8-14-32-3)18-10-5-7-12-21(18)33-25/h4,6,9,11,15H,5,7-8,10,12-14H2,1-3H3,(H,26,31)(H,28,30). The van der Waals surface area contributed by atoms with Gasteiger partial charge in [-0.2, -0.15) is 5.10 Å². The molecule has 7 nitrogen and oxygen atoms in total. The third kappa shape index (κ3) is 4.86. The Hall–Kier alpha value is -2.97. The van der Waals surface area contributed by atoms with Gasteiger partial charge in [0.1, 0.15) is 5.00 Å². The number of thiophene rings is 1. The van der Waals surface area contributed by atoms with Crippen LogP contribution in [0.4, 0.5) is 5.00 Å². The number of carbonyl (C=O) groups is 2. The summed E-state index contributed by atoms with van der Waals surface area (Å²) in [6.45, 7) is 5.03. The van der Waals surface area contributed by atoms with Crippen LogP contribution in [-0.2, 0) is 17.6 Å². The van der Waals surface area contributed by atoms with E-state index in [1.165, 1.54) is 16.2 Å². The maximum atomic E-state index is 13.2. The molecule has 2 aromatic heterocycles. The fourth-order valence-corrected chi connectivity index (χ4v) is 5.53. The number of para-hydroxylation sites is 1. The second-order valence-electron chi connectivity index (χ2n) is 8.31. The molecule has 0 unspecified atom stereocenters. The number of nitrogens with one attached hydrogen (secondary N) is 2. The minimum absolute atomic E-state index is 0.131. The molecule has 0 saturated carbocycles. The molecule has 2 heterocycles. The van der Waals surface area contributed by atoms with Crippen LogP contribution in [0.3, 0.4) is 0 Å². The molecular formula is C25H30N4O3S. The van der Waals surface area contributed by atoms with Gasteiger partial charge in [-0.1, -0.05) is 18.2 Å². The first kappa shape index (κ1) is 23.2. The van der Waals surface area contributed by atoms with Crippen LogP contribution in [0.1, 0.15) is 61.7 Å². The lowest BCUT2D eigenvalue weighted by Gasteiger charge is -2.13. The molecule has 1 aliphatic carbocycles. The second-order valence-corrected chi connectivity index (χ2v) is 9.42. The summed E-state index contributed by atoms with van der Waals surface area (Å²) in [5, 5.41) is 11.1. The number of methoxy groups -OCH3 is 1. The average Bonchev–Trinajstić information content (AvgIpc) is 3.37. The highest BCUT2D eigenvalue weighted by molar-refractivity contribution is 7.17. The molecule has 2 N–H and O–H groups in total. The highest BCUT2D eigenvalue weighted by atomic mass is 32.1. The summed E-state index contributed by atoms with van der Waals surface area (Å²) in [6.07, 6.45) is 6.32. The van der Waals surface area contributed by atoms with Crippen LogP contribution in [0.2, 0.25) is 0 Å². The Kier molecular flexibility index (Phi) is 7.25. The molecule has 1 aliphatic rings. The zero-order valence-electron chi connectivity index (χ0n) is 19.4. The predicted octanol–water partition coefficient (Wildman–Crippen LogP) is 4.45. The Balaban J connectivity index is 1.59. The van der Waals surface area contributed by atoms with Crippen LogP contribution in [0.5, 0.6) is 0 Å². The van der Waals surface area contributed by atoms with Gasteiger partial charge in [-0.05, 0) is 63.1 Å². The van der Waals surface area contributed by atoms with Crippen LogP contribution in [0.15, 0.2) is 30.5 Å². The van der Waals surface area contributed by atoms with Gasteiger partial charge in [0.15, 0.2) is 0 Å². The van der Waals surface area contributed by atoms with Crippen molar-refractivity contribution < 1.29 is 14.3 Å². The summed E-state index contributed by atoms with van der Waals surface area (Å²) in [5.74, 6) is -0.382. The molecule has 4 rings (SSSR count). The number of anilines is 1. The van der Waals surface area contributed by atoms with Crippen molar-refractivity contribution in [3.8, 4) is 5.69 Å². The van der Waals surface area contributed by atoms with Gasteiger partial charge in [-0.25, -0.2) is 4.68 Å². The molecule has 2 amide bonds. The highest BCUT2D eigenvalue weighted by Gasteiger charge is 2.27. The summed E-state index contributed by atoms with van der Waals surface area (Å²) in [5.41, 5.74) is 4.97. The smallest absolute Gasteiger partial charge is 0.259 e. The van der Waals surface area contributed by atoms with Crippen LogP contribution >= 0.6 is 11.3 Å². The topological polar surface area (TPSA) is 85.2 Å². The minimum Gasteiger partial charge on any atom is -0.385 e. The number of hydrogen-bond donors (Lipinski definition) is 2. The van der Waals surface area contributed by atoms with Crippen molar-refractivity contribution in [2.24, 2.45) is 0 Å². The minimum atomic E-state index is -0.251. The van der Waals surface area contributed by atoms with E-state index in [1.54, 1.807) is 18.0 Å². The van der Waals surface area contributed by atoms with Gasteiger partial charge in [0.2, 0.25) is 0 Å². The van der Waals surface area contributed by atoms with Gasteiger partial charge in [-0.15, -0.1) is 11.3 Å². The third-order valence-electron chi connectivity index (χ3n) is 6.03. The maximum Gasteiger partial charge on any atom is 0.259 e. The number of hydrogen-bond acceptors (Lipinski definition) is 5. The molecule has 0 fully saturated rings. The largest absolute Gasteiger partial charge is 0.385 e. The normalized spacial score (nSPS) is 12.9. The zero-order chi connectivity index (χ0) is 23.4. The summed E-state index contributed by atoms with van der Waals surface area (Å²) in [6, 6.07) is 7.93. The molecule has 1 aromatic carbocycles. The first-order chi connectivity index (χ1) is 16.0. The fourth-order valence-electron chi connectivity index (χ4n) is 4.25. The molecule has 174 valence electrons. The molecule has 3 aromatic rings. The van der Waals surface area contributed by atoms with Crippen LogP contribution in [0, 0.1) is 13.8 Å². The van der Waals surface area contributed by atoms with Crippen molar-refractivity contribution in [2.75, 3.05) is 25.6 Å². The monoisotopic (exact) mass is 466 g/mol. The number of amides is 2. The van der Waals surface area contributed by atoms with Gasteiger partial charge in [0.25, 0.3) is 11.8 Å². The van der Waals surface area contributed by atoms with Gasteiger partial charge in [-0.3, -0.25) is 9.59 Å². The average molecular weight is 467 g/mol. The van der Waals surface area contributed by atoms with E-state index in [4.69, 9.17) is 4.74 Å². The lowest BCUT2D eigenvalue weighted by Crippen LogP contribution is -2.27. The fraction of sp³-hybridized carbons (Fsp3) is 0.400. The molecule has 0 spiro atoms. The van der Waals surface area contributed by atoms with Gasteiger partial charge in [0.05, 0.1) is 28.7 Å². The molecule has 0 radical (unpaired) electrons. The van der Waals surface area contributed by atoms with Crippen LogP contribution < -0.4 is 10.6 Å². The van der Waals surface area contributed by atoms with E-state index < -0.39 is 0 Å². The van der Waals surface area contributed by atoms with Crippen LogP contribution in [-0.4, -0.2) is 41.9 Å². The molecule has 33 heavy (non-hydrogen) atoms. The Bertz CT molecular complexity index is 1160. The number of aromatic nitrogens is 2. The summed E-state index contributed by atoms with van der Waals surface area (Å²) in [4.78, 5) is 27.5. The Morgan fingerprint density at radius 2 is 1.94 bits per heavy atom. The van der Waals surface area contributed by atoms with E-state index in [9.17, 15) is 9.59 Å². The number of carbonyl (C=O) groups excluding carboxylic acids is 2. The van der Waals surface area contributed by atoms with Gasteiger partial charge in [0, 0.05) is 25.1 Å². The summed E-state index contributed by atoms with van der Waals surface area (Å²) < 4.78 is 6.85. The Labute approximate surface area is 198 Å².